The normalized spacial score (nSPS) is 11.9. The zero-order chi connectivity index (χ0) is 37.5. The van der Waals surface area contributed by atoms with Gasteiger partial charge in [0.15, 0.2) is 23.3 Å². The van der Waals surface area contributed by atoms with Crippen LogP contribution in [0.5, 0.6) is 0 Å². The maximum atomic E-state index is 5.34. The monoisotopic (exact) mass is 781 g/mol. The highest BCUT2D eigenvalue weighted by Crippen LogP contribution is 2.47. The molecule has 0 bridgehead atoms. The molecule has 0 amide bonds. The van der Waals surface area contributed by atoms with Crippen LogP contribution < -0.4 is 0 Å². The van der Waals surface area contributed by atoms with Crippen molar-refractivity contribution in [1.29, 1.82) is 0 Å². The number of hydrogen-bond acceptors (Lipinski definition) is 8. The van der Waals surface area contributed by atoms with Crippen LogP contribution in [0.2, 0.25) is 0 Å². The smallest absolute Gasteiger partial charge is 0.164 e. The molecule has 0 saturated heterocycles. The number of hydrogen-bond donors (Lipinski definition) is 0. The molecule has 0 aliphatic rings. The van der Waals surface area contributed by atoms with Crippen LogP contribution in [0.3, 0.4) is 0 Å². The lowest BCUT2D eigenvalue weighted by Gasteiger charge is -2.10. The van der Waals surface area contributed by atoms with Crippen LogP contribution in [-0.2, 0) is 0 Å². The summed E-state index contributed by atoms with van der Waals surface area (Å²) in [4.78, 5) is 26.1. The van der Waals surface area contributed by atoms with E-state index < -0.39 is 0 Å². The molecule has 57 heavy (non-hydrogen) atoms. The largest absolute Gasteiger partial charge is 0.226 e. The summed E-state index contributed by atoms with van der Waals surface area (Å²) in [5.41, 5.74) is 6.89. The summed E-state index contributed by atoms with van der Waals surface area (Å²) in [6.07, 6.45) is 0. The van der Waals surface area contributed by atoms with Crippen molar-refractivity contribution in [2.75, 3.05) is 0 Å². The average Bonchev–Trinajstić information content (AvgIpc) is 3.98. The fourth-order valence-electron chi connectivity index (χ4n) is 7.92. The first-order valence-corrected chi connectivity index (χ1v) is 21.1. The van der Waals surface area contributed by atoms with Crippen LogP contribution in [0, 0.1) is 0 Å². The summed E-state index contributed by atoms with van der Waals surface area (Å²) in [5.74, 6) is 2.66. The molecule has 0 radical (unpaired) electrons. The summed E-state index contributed by atoms with van der Waals surface area (Å²) in [7, 11) is 0. The molecule has 12 rings (SSSR count). The van der Waals surface area contributed by atoms with Gasteiger partial charge in [-0.15, -0.1) is 34.0 Å². The first-order valence-electron chi connectivity index (χ1n) is 18.7. The summed E-state index contributed by atoms with van der Waals surface area (Å²) < 4.78 is 7.14. The summed E-state index contributed by atoms with van der Waals surface area (Å²) in [6.45, 7) is 0. The van der Waals surface area contributed by atoms with Crippen molar-refractivity contribution in [3.8, 4) is 56.8 Å². The minimum Gasteiger partial charge on any atom is -0.226 e. The maximum Gasteiger partial charge on any atom is 0.164 e. The molecule has 0 saturated carbocycles. The molecule has 0 unspecified atom stereocenters. The SMILES string of the molecule is c1ccc(-c2nc(-c3ccc4sc5ccccc5c4c3)nc(-c3cccc4sc5c(-c6nc(-c7ccccc7)nc7c6sc6ccccc67)cccc5c34)n2)cc1. The van der Waals surface area contributed by atoms with Gasteiger partial charge in [0.05, 0.1) is 15.9 Å². The fraction of sp³-hybridized carbons (Fsp3) is 0. The Labute approximate surface area is 338 Å². The molecule has 5 heterocycles. The summed E-state index contributed by atoms with van der Waals surface area (Å²) in [5, 5.41) is 5.87. The van der Waals surface area contributed by atoms with E-state index in [1.807, 2.05) is 47.7 Å². The van der Waals surface area contributed by atoms with E-state index in [0.29, 0.717) is 17.5 Å². The maximum absolute atomic E-state index is 5.34. The highest BCUT2D eigenvalue weighted by Gasteiger charge is 2.22. The minimum atomic E-state index is 0.643. The summed E-state index contributed by atoms with van der Waals surface area (Å²) >= 11 is 5.35. The van der Waals surface area contributed by atoms with Gasteiger partial charge >= 0.3 is 0 Å². The van der Waals surface area contributed by atoms with Crippen LogP contribution in [0.25, 0.3) is 117 Å². The van der Waals surface area contributed by atoms with Gasteiger partial charge in [0.1, 0.15) is 0 Å². The van der Waals surface area contributed by atoms with Gasteiger partial charge in [0, 0.05) is 78.2 Å². The molecule has 12 aromatic rings. The van der Waals surface area contributed by atoms with Gasteiger partial charge in [-0.25, -0.2) is 24.9 Å². The zero-order valence-electron chi connectivity index (χ0n) is 30.0. The van der Waals surface area contributed by atoms with Crippen LogP contribution in [0.1, 0.15) is 0 Å². The molecule has 0 N–H and O–H groups in total. The molecular weight excluding hydrogens is 755 g/mol. The number of thiophene rings is 3. The molecule has 0 spiro atoms. The number of rotatable bonds is 5. The number of fused-ring (bicyclic) bond motifs is 9. The lowest BCUT2D eigenvalue weighted by molar-refractivity contribution is 1.08. The molecule has 0 aliphatic heterocycles. The van der Waals surface area contributed by atoms with E-state index in [-0.39, 0.29) is 0 Å². The van der Waals surface area contributed by atoms with Gasteiger partial charge in [-0.3, -0.25) is 0 Å². The van der Waals surface area contributed by atoms with E-state index in [4.69, 9.17) is 24.9 Å². The zero-order valence-corrected chi connectivity index (χ0v) is 32.5. The Morgan fingerprint density at radius 2 is 0.877 bits per heavy atom. The Morgan fingerprint density at radius 3 is 1.67 bits per heavy atom. The van der Waals surface area contributed by atoms with Crippen molar-refractivity contribution in [2.45, 2.75) is 0 Å². The third kappa shape index (κ3) is 5.29. The Bertz CT molecular complexity index is 3530. The van der Waals surface area contributed by atoms with Crippen LogP contribution >= 0.6 is 34.0 Å². The second-order valence-electron chi connectivity index (χ2n) is 14.0. The van der Waals surface area contributed by atoms with E-state index >= 15 is 0 Å². The van der Waals surface area contributed by atoms with E-state index in [0.717, 1.165) is 70.4 Å². The van der Waals surface area contributed by atoms with Crippen LogP contribution in [0.4, 0.5) is 0 Å². The number of nitrogens with zero attached hydrogens (tertiary/aromatic N) is 5. The van der Waals surface area contributed by atoms with E-state index in [2.05, 4.69) is 127 Å². The third-order valence-corrected chi connectivity index (χ3v) is 14.1. The van der Waals surface area contributed by atoms with E-state index in [9.17, 15) is 0 Å². The van der Waals surface area contributed by atoms with Crippen molar-refractivity contribution < 1.29 is 0 Å². The Balaban J connectivity index is 1.09. The highest BCUT2D eigenvalue weighted by molar-refractivity contribution is 7.27. The first kappa shape index (κ1) is 32.5. The predicted octanol–water partition coefficient (Wildman–Crippen LogP) is 14.1. The quantitative estimate of drug-likeness (QED) is 0.174. The van der Waals surface area contributed by atoms with Gasteiger partial charge in [-0.1, -0.05) is 127 Å². The highest BCUT2D eigenvalue weighted by atomic mass is 32.1. The minimum absolute atomic E-state index is 0.643. The molecule has 8 heteroatoms. The predicted molar refractivity (Wildman–Crippen MR) is 241 cm³/mol. The number of benzene rings is 7. The van der Waals surface area contributed by atoms with Crippen molar-refractivity contribution >= 4 is 94.7 Å². The van der Waals surface area contributed by atoms with Gasteiger partial charge in [-0.2, -0.15) is 0 Å². The van der Waals surface area contributed by atoms with Gasteiger partial charge in [-0.05, 0) is 36.4 Å². The van der Waals surface area contributed by atoms with Gasteiger partial charge in [0.25, 0.3) is 0 Å². The van der Waals surface area contributed by atoms with Crippen molar-refractivity contribution in [3.05, 3.63) is 164 Å². The Hall–Kier alpha value is -6.71. The van der Waals surface area contributed by atoms with Crippen LogP contribution in [-0.4, -0.2) is 24.9 Å². The second kappa shape index (κ2) is 12.9. The Morgan fingerprint density at radius 1 is 0.316 bits per heavy atom. The first-order chi connectivity index (χ1) is 28.2. The lowest BCUT2D eigenvalue weighted by Crippen LogP contribution is -2.00. The molecule has 5 nitrogen and oxygen atoms in total. The topological polar surface area (TPSA) is 64.5 Å². The molecule has 0 aliphatic carbocycles. The molecular formula is C49H27N5S3. The van der Waals surface area contributed by atoms with Crippen molar-refractivity contribution in [3.63, 3.8) is 0 Å². The molecule has 0 atom stereocenters. The van der Waals surface area contributed by atoms with Gasteiger partial charge < -0.3 is 0 Å². The molecule has 7 aromatic carbocycles. The average molecular weight is 782 g/mol. The third-order valence-electron chi connectivity index (χ3n) is 10.6. The van der Waals surface area contributed by atoms with E-state index in [1.54, 1.807) is 22.7 Å². The Kier molecular flexibility index (Phi) is 7.38. The van der Waals surface area contributed by atoms with Crippen LogP contribution in [0.15, 0.2) is 164 Å². The van der Waals surface area contributed by atoms with E-state index in [1.165, 1.54) is 29.6 Å². The lowest BCUT2D eigenvalue weighted by atomic mass is 10.0. The molecule has 5 aromatic heterocycles. The number of aromatic nitrogens is 5. The van der Waals surface area contributed by atoms with Crippen molar-refractivity contribution in [2.24, 2.45) is 0 Å². The standard InChI is InChI=1S/C49H27N5S3/c1-3-13-28(14-4-1)46-50-42-32-18-8-10-23-38(32)56-45(42)43(51-46)35-21-11-19-33-41-34(20-12-24-40(41)57-44(33)35)49-53-47(29-15-5-2-6-16-29)52-48(54-49)30-25-26-39-36(27-30)31-17-7-9-22-37(31)55-39/h1-27H. The van der Waals surface area contributed by atoms with Crippen molar-refractivity contribution in [1.82, 2.24) is 24.9 Å². The molecule has 0 fully saturated rings. The molecule has 266 valence electrons. The summed E-state index contributed by atoms with van der Waals surface area (Å²) in [6, 6.07) is 57.2. The fourth-order valence-corrected chi connectivity index (χ4v) is 11.4. The van der Waals surface area contributed by atoms with Gasteiger partial charge in [0.2, 0.25) is 0 Å². The second-order valence-corrected chi connectivity index (χ2v) is 17.2.